The van der Waals surface area contributed by atoms with E-state index in [1.807, 2.05) is 6.92 Å². The van der Waals surface area contributed by atoms with Gasteiger partial charge in [-0.15, -0.1) is 0 Å². The van der Waals surface area contributed by atoms with E-state index in [-0.39, 0.29) is 18.4 Å². The van der Waals surface area contributed by atoms with Gasteiger partial charge in [-0.3, -0.25) is 9.59 Å². The molecule has 0 unspecified atom stereocenters. The zero-order valence-electron chi connectivity index (χ0n) is 14.6. The lowest BCUT2D eigenvalue weighted by atomic mass is 10.2. The fourth-order valence-electron chi connectivity index (χ4n) is 2.29. The average Bonchev–Trinajstić information content (AvgIpc) is 2.61. The van der Waals surface area contributed by atoms with E-state index in [1.165, 1.54) is 11.8 Å². The Kier molecular flexibility index (Phi) is 6.39. The smallest absolute Gasteiger partial charge is 0.244 e. The molecule has 2 rings (SSSR count). The molecule has 0 spiro atoms. The normalized spacial score (nSPS) is 10.0. The van der Waals surface area contributed by atoms with Gasteiger partial charge in [-0.1, -0.05) is 0 Å². The van der Waals surface area contributed by atoms with Crippen LogP contribution in [0.5, 0.6) is 11.5 Å². The molecule has 0 saturated carbocycles. The number of rotatable bonds is 7. The van der Waals surface area contributed by atoms with Gasteiger partial charge in [-0.25, -0.2) is 0 Å². The quantitative estimate of drug-likeness (QED) is 0.840. The molecule has 0 aliphatic carbocycles. The lowest BCUT2D eigenvalue weighted by molar-refractivity contribution is -0.120. The minimum atomic E-state index is -0.283. The van der Waals surface area contributed by atoms with Gasteiger partial charge >= 0.3 is 0 Å². The van der Waals surface area contributed by atoms with Gasteiger partial charge in [-0.2, -0.15) is 0 Å². The highest BCUT2D eigenvalue weighted by molar-refractivity contribution is 6.01. The highest BCUT2D eigenvalue weighted by Gasteiger charge is 2.16. The summed E-state index contributed by atoms with van der Waals surface area (Å²) in [5.41, 5.74) is 1.28. The van der Waals surface area contributed by atoms with Gasteiger partial charge in [-0.05, 0) is 55.5 Å². The highest BCUT2D eigenvalue weighted by atomic mass is 16.5. The van der Waals surface area contributed by atoms with Gasteiger partial charge in [0.05, 0.1) is 13.7 Å². The Hall–Kier alpha value is -3.02. The molecule has 0 saturated heterocycles. The van der Waals surface area contributed by atoms with E-state index in [0.29, 0.717) is 23.7 Å². The number of amides is 2. The van der Waals surface area contributed by atoms with Gasteiger partial charge in [0, 0.05) is 18.3 Å². The molecule has 0 aliphatic rings. The number of ether oxygens (including phenoxy) is 2. The van der Waals surface area contributed by atoms with Crippen LogP contribution in [0, 0.1) is 0 Å². The van der Waals surface area contributed by atoms with Crippen LogP contribution in [0.1, 0.15) is 13.8 Å². The van der Waals surface area contributed by atoms with Crippen molar-refractivity contribution in [2.24, 2.45) is 0 Å². The number of carbonyl (C=O) groups is 2. The molecule has 0 heterocycles. The predicted octanol–water partition coefficient (Wildman–Crippen LogP) is 3.09. The van der Waals surface area contributed by atoms with Gasteiger partial charge in [0.25, 0.3) is 0 Å². The summed E-state index contributed by atoms with van der Waals surface area (Å²) in [4.78, 5) is 25.6. The molecule has 0 bridgehead atoms. The third-order valence-corrected chi connectivity index (χ3v) is 3.52. The first-order valence-electron chi connectivity index (χ1n) is 7.98. The van der Waals surface area contributed by atoms with Gasteiger partial charge < -0.3 is 19.7 Å². The molecule has 25 heavy (non-hydrogen) atoms. The number of benzene rings is 2. The van der Waals surface area contributed by atoms with Crippen molar-refractivity contribution in [1.29, 1.82) is 0 Å². The van der Waals surface area contributed by atoms with Crippen molar-refractivity contribution in [2.75, 3.05) is 30.5 Å². The maximum Gasteiger partial charge on any atom is 0.244 e. The monoisotopic (exact) mass is 342 g/mol. The molecule has 0 fully saturated rings. The Labute approximate surface area is 147 Å². The van der Waals surface area contributed by atoms with E-state index in [1.54, 1.807) is 55.6 Å². The summed E-state index contributed by atoms with van der Waals surface area (Å²) in [5, 5.41) is 2.77. The zero-order chi connectivity index (χ0) is 18.2. The van der Waals surface area contributed by atoms with E-state index < -0.39 is 0 Å². The van der Waals surface area contributed by atoms with Crippen LogP contribution in [-0.4, -0.2) is 32.1 Å². The first-order valence-corrected chi connectivity index (χ1v) is 7.98. The predicted molar refractivity (Wildman–Crippen MR) is 97.3 cm³/mol. The fourth-order valence-corrected chi connectivity index (χ4v) is 2.29. The van der Waals surface area contributed by atoms with Crippen LogP contribution in [0.2, 0.25) is 0 Å². The van der Waals surface area contributed by atoms with Gasteiger partial charge in [0.2, 0.25) is 11.8 Å². The number of methoxy groups -OCH3 is 1. The van der Waals surface area contributed by atoms with E-state index in [2.05, 4.69) is 5.32 Å². The van der Waals surface area contributed by atoms with Gasteiger partial charge in [0.1, 0.15) is 18.0 Å². The maximum atomic E-state index is 12.3. The van der Waals surface area contributed by atoms with Crippen molar-refractivity contribution in [1.82, 2.24) is 0 Å². The second kappa shape index (κ2) is 8.73. The van der Waals surface area contributed by atoms with E-state index in [0.717, 1.165) is 5.75 Å². The molecule has 6 heteroatoms. The van der Waals surface area contributed by atoms with Crippen molar-refractivity contribution in [3.63, 3.8) is 0 Å². The second-order valence-electron chi connectivity index (χ2n) is 5.31. The fraction of sp³-hybridized carbons (Fsp3) is 0.263. The number of hydrogen-bond donors (Lipinski definition) is 1. The first-order chi connectivity index (χ1) is 12.0. The molecule has 0 radical (unpaired) electrons. The summed E-state index contributed by atoms with van der Waals surface area (Å²) in [6.45, 7) is 3.83. The van der Waals surface area contributed by atoms with Crippen molar-refractivity contribution in [2.45, 2.75) is 13.8 Å². The zero-order valence-corrected chi connectivity index (χ0v) is 14.6. The largest absolute Gasteiger partial charge is 0.497 e. The summed E-state index contributed by atoms with van der Waals surface area (Å²) in [6, 6.07) is 14.1. The number of nitrogens with zero attached hydrogens (tertiary/aromatic N) is 1. The van der Waals surface area contributed by atoms with Crippen molar-refractivity contribution in [3.05, 3.63) is 48.5 Å². The van der Waals surface area contributed by atoms with E-state index >= 15 is 0 Å². The van der Waals surface area contributed by atoms with Crippen LogP contribution in [-0.2, 0) is 9.59 Å². The van der Waals surface area contributed by atoms with Crippen molar-refractivity contribution < 1.29 is 19.1 Å². The second-order valence-corrected chi connectivity index (χ2v) is 5.31. The maximum absolute atomic E-state index is 12.3. The summed E-state index contributed by atoms with van der Waals surface area (Å²) >= 11 is 0. The molecule has 2 amide bonds. The minimum absolute atomic E-state index is 0.0741. The molecular weight excluding hydrogens is 320 g/mol. The summed E-state index contributed by atoms with van der Waals surface area (Å²) in [6.07, 6.45) is 0. The topological polar surface area (TPSA) is 67.9 Å². The first kappa shape index (κ1) is 18.3. The summed E-state index contributed by atoms with van der Waals surface area (Å²) in [7, 11) is 1.58. The number of nitrogens with one attached hydrogen (secondary N) is 1. The molecule has 6 nitrogen and oxygen atoms in total. The standard InChI is InChI=1S/C19H22N2O4/c1-4-25-18-11-7-16(8-12-18)21(14(2)22)13-19(23)20-15-5-9-17(24-3)10-6-15/h5-12H,4,13H2,1-3H3,(H,20,23). The molecule has 2 aromatic carbocycles. The highest BCUT2D eigenvalue weighted by Crippen LogP contribution is 2.20. The molecule has 1 N–H and O–H groups in total. The third-order valence-electron chi connectivity index (χ3n) is 3.52. The lowest BCUT2D eigenvalue weighted by Gasteiger charge is -2.21. The van der Waals surface area contributed by atoms with E-state index in [4.69, 9.17) is 9.47 Å². The molecule has 0 atom stereocenters. The van der Waals surface area contributed by atoms with E-state index in [9.17, 15) is 9.59 Å². The SMILES string of the molecule is CCOc1ccc(N(CC(=O)Nc2ccc(OC)cc2)C(C)=O)cc1. The van der Waals surface area contributed by atoms with Crippen molar-refractivity contribution >= 4 is 23.2 Å². The summed E-state index contributed by atoms with van der Waals surface area (Å²) < 4.78 is 10.5. The van der Waals surface area contributed by atoms with Crippen molar-refractivity contribution in [3.8, 4) is 11.5 Å². The molecule has 132 valence electrons. The average molecular weight is 342 g/mol. The Morgan fingerprint density at radius 1 is 1.00 bits per heavy atom. The molecular formula is C19H22N2O4. The Morgan fingerprint density at radius 2 is 1.60 bits per heavy atom. The lowest BCUT2D eigenvalue weighted by Crippen LogP contribution is -2.36. The molecule has 0 aliphatic heterocycles. The minimum Gasteiger partial charge on any atom is -0.497 e. The molecule has 2 aromatic rings. The van der Waals surface area contributed by atoms with Crippen LogP contribution < -0.4 is 19.7 Å². The van der Waals surface area contributed by atoms with Crippen LogP contribution in [0.25, 0.3) is 0 Å². The number of hydrogen-bond acceptors (Lipinski definition) is 4. The molecule has 0 aromatic heterocycles. The van der Waals surface area contributed by atoms with Crippen LogP contribution in [0.3, 0.4) is 0 Å². The Balaban J connectivity index is 2.04. The Bertz CT molecular complexity index is 711. The summed E-state index contributed by atoms with van der Waals surface area (Å²) in [5.74, 6) is 0.929. The number of carbonyl (C=O) groups excluding carboxylic acids is 2. The number of anilines is 2. The Morgan fingerprint density at radius 3 is 2.12 bits per heavy atom. The van der Waals surface area contributed by atoms with Gasteiger partial charge in [0.15, 0.2) is 0 Å². The van der Waals surface area contributed by atoms with Crippen LogP contribution >= 0.6 is 0 Å². The van der Waals surface area contributed by atoms with Crippen LogP contribution in [0.4, 0.5) is 11.4 Å². The van der Waals surface area contributed by atoms with Crippen LogP contribution in [0.15, 0.2) is 48.5 Å². The third kappa shape index (κ3) is 5.24.